The highest BCUT2D eigenvalue weighted by Crippen LogP contribution is 2.38. The van der Waals surface area contributed by atoms with Gasteiger partial charge in [0.15, 0.2) is 11.5 Å². The van der Waals surface area contributed by atoms with Crippen molar-refractivity contribution in [2.75, 3.05) is 34.9 Å². The van der Waals surface area contributed by atoms with E-state index in [1.165, 1.54) is 26.2 Å². The summed E-state index contributed by atoms with van der Waals surface area (Å²) in [6, 6.07) is 3.11. The summed E-state index contributed by atoms with van der Waals surface area (Å²) in [5, 5.41) is 11.6. The van der Waals surface area contributed by atoms with Crippen LogP contribution in [0.25, 0.3) is 0 Å². The van der Waals surface area contributed by atoms with Gasteiger partial charge in [-0.3, -0.25) is 4.79 Å². The van der Waals surface area contributed by atoms with Crippen LogP contribution in [0.15, 0.2) is 12.1 Å². The molecule has 0 aliphatic carbocycles. The van der Waals surface area contributed by atoms with E-state index in [1.807, 2.05) is 0 Å². The molecule has 0 saturated heterocycles. The first-order valence-electron chi connectivity index (χ1n) is 7.34. The maximum atomic E-state index is 12.0. The van der Waals surface area contributed by atoms with Crippen molar-refractivity contribution in [2.45, 2.75) is 13.5 Å². The van der Waals surface area contributed by atoms with Gasteiger partial charge in [0.2, 0.25) is 5.75 Å². The number of nitrogens with zero attached hydrogens (tertiary/aromatic N) is 1. The SMILES string of the molecule is COc1cc(CNC(=O)N(C)CC(C)C(=O)O)cc(OC)c1OC. The van der Waals surface area contributed by atoms with E-state index in [1.54, 1.807) is 26.1 Å². The zero-order valence-corrected chi connectivity index (χ0v) is 14.6. The molecule has 1 aromatic carbocycles. The molecule has 1 unspecified atom stereocenters. The molecule has 2 N–H and O–H groups in total. The average molecular weight is 340 g/mol. The molecule has 1 aromatic rings. The average Bonchev–Trinajstić information content (AvgIpc) is 2.57. The van der Waals surface area contributed by atoms with Gasteiger partial charge in [-0.15, -0.1) is 0 Å². The van der Waals surface area contributed by atoms with E-state index >= 15 is 0 Å². The Morgan fingerprint density at radius 3 is 2.12 bits per heavy atom. The number of carbonyl (C=O) groups is 2. The fourth-order valence-electron chi connectivity index (χ4n) is 2.12. The number of benzene rings is 1. The van der Waals surface area contributed by atoms with Gasteiger partial charge >= 0.3 is 12.0 Å². The van der Waals surface area contributed by atoms with E-state index in [9.17, 15) is 9.59 Å². The number of hydrogen-bond donors (Lipinski definition) is 2. The molecule has 0 spiro atoms. The lowest BCUT2D eigenvalue weighted by Gasteiger charge is -2.20. The number of carboxylic acids is 1. The summed E-state index contributed by atoms with van der Waals surface area (Å²) >= 11 is 0. The molecule has 0 radical (unpaired) electrons. The normalized spacial score (nSPS) is 11.4. The van der Waals surface area contributed by atoms with Crippen molar-refractivity contribution in [3.8, 4) is 17.2 Å². The number of aliphatic carboxylic acids is 1. The largest absolute Gasteiger partial charge is 0.493 e. The fraction of sp³-hybridized carbons (Fsp3) is 0.500. The van der Waals surface area contributed by atoms with Crippen LogP contribution in [0.2, 0.25) is 0 Å². The van der Waals surface area contributed by atoms with Crippen molar-refractivity contribution >= 4 is 12.0 Å². The molecule has 0 fully saturated rings. The van der Waals surface area contributed by atoms with Crippen molar-refractivity contribution in [1.82, 2.24) is 10.2 Å². The van der Waals surface area contributed by atoms with E-state index in [-0.39, 0.29) is 19.1 Å². The van der Waals surface area contributed by atoms with Gasteiger partial charge in [0, 0.05) is 20.1 Å². The Morgan fingerprint density at radius 1 is 1.17 bits per heavy atom. The zero-order chi connectivity index (χ0) is 18.3. The summed E-state index contributed by atoms with van der Waals surface area (Å²) in [5.74, 6) is -0.119. The standard InChI is InChI=1S/C16H24N2O6/c1-10(15(19)20)9-18(2)16(21)17-8-11-6-12(22-3)14(24-5)13(7-11)23-4/h6-7,10H,8-9H2,1-5H3,(H,17,21)(H,19,20). The smallest absolute Gasteiger partial charge is 0.317 e. The molecule has 0 aliphatic rings. The van der Waals surface area contributed by atoms with Gasteiger partial charge in [-0.25, -0.2) is 4.79 Å². The fourth-order valence-corrected chi connectivity index (χ4v) is 2.12. The Labute approximate surface area is 141 Å². The van der Waals surface area contributed by atoms with Gasteiger partial charge in [-0.2, -0.15) is 0 Å². The summed E-state index contributed by atoms with van der Waals surface area (Å²) in [4.78, 5) is 24.2. The van der Waals surface area contributed by atoms with Crippen LogP contribution < -0.4 is 19.5 Å². The predicted molar refractivity (Wildman–Crippen MR) is 87.8 cm³/mol. The highest BCUT2D eigenvalue weighted by Gasteiger charge is 2.18. The minimum absolute atomic E-state index is 0.121. The molecule has 134 valence electrons. The van der Waals surface area contributed by atoms with E-state index in [0.717, 1.165) is 5.56 Å². The van der Waals surface area contributed by atoms with Crippen LogP contribution in [0.3, 0.4) is 0 Å². The Bertz CT molecular complexity index is 565. The number of ether oxygens (including phenoxy) is 3. The van der Waals surface area contributed by atoms with Crippen LogP contribution in [-0.2, 0) is 11.3 Å². The van der Waals surface area contributed by atoms with Crippen molar-refractivity contribution < 1.29 is 28.9 Å². The van der Waals surface area contributed by atoms with Gasteiger partial charge in [-0.05, 0) is 17.7 Å². The van der Waals surface area contributed by atoms with Crippen LogP contribution in [0, 0.1) is 5.92 Å². The van der Waals surface area contributed by atoms with E-state index in [0.29, 0.717) is 17.2 Å². The quantitative estimate of drug-likeness (QED) is 0.746. The number of carboxylic acid groups (broad SMARTS) is 1. The first kappa shape index (κ1) is 19.4. The third-order valence-electron chi connectivity index (χ3n) is 3.48. The Morgan fingerprint density at radius 2 is 1.71 bits per heavy atom. The van der Waals surface area contributed by atoms with Crippen LogP contribution in [0.5, 0.6) is 17.2 Å². The van der Waals surface area contributed by atoms with E-state index in [4.69, 9.17) is 19.3 Å². The second-order valence-corrected chi connectivity index (χ2v) is 5.31. The molecule has 0 saturated carbocycles. The summed E-state index contributed by atoms with van der Waals surface area (Å²) < 4.78 is 15.8. The number of nitrogens with one attached hydrogen (secondary N) is 1. The van der Waals surface area contributed by atoms with Crippen molar-refractivity contribution in [2.24, 2.45) is 5.92 Å². The van der Waals surface area contributed by atoms with E-state index < -0.39 is 11.9 Å². The molecule has 0 bridgehead atoms. The second kappa shape index (κ2) is 8.85. The Balaban J connectivity index is 2.76. The summed E-state index contributed by atoms with van der Waals surface area (Å²) in [5.41, 5.74) is 0.762. The number of rotatable bonds is 8. The lowest BCUT2D eigenvalue weighted by molar-refractivity contribution is -0.141. The highest BCUT2D eigenvalue weighted by molar-refractivity contribution is 5.75. The molecule has 1 rings (SSSR count). The first-order chi connectivity index (χ1) is 11.3. The number of carbonyl (C=O) groups excluding carboxylic acids is 1. The topological polar surface area (TPSA) is 97.3 Å². The lowest BCUT2D eigenvalue weighted by Crippen LogP contribution is -2.40. The molecule has 8 nitrogen and oxygen atoms in total. The Kier molecular flexibility index (Phi) is 7.16. The zero-order valence-electron chi connectivity index (χ0n) is 14.6. The maximum Gasteiger partial charge on any atom is 0.317 e. The van der Waals surface area contributed by atoms with Crippen molar-refractivity contribution in [3.05, 3.63) is 17.7 Å². The monoisotopic (exact) mass is 340 g/mol. The first-order valence-corrected chi connectivity index (χ1v) is 7.34. The Hall–Kier alpha value is -2.64. The molecule has 1 atom stereocenters. The van der Waals surface area contributed by atoms with Crippen molar-refractivity contribution in [1.29, 1.82) is 0 Å². The number of hydrogen-bond acceptors (Lipinski definition) is 5. The maximum absolute atomic E-state index is 12.0. The summed E-state index contributed by atoms with van der Waals surface area (Å²) in [7, 11) is 6.09. The second-order valence-electron chi connectivity index (χ2n) is 5.31. The molecule has 0 aromatic heterocycles. The van der Waals surface area contributed by atoms with Gasteiger partial charge in [0.25, 0.3) is 0 Å². The van der Waals surface area contributed by atoms with E-state index in [2.05, 4.69) is 5.32 Å². The molecule has 0 aliphatic heterocycles. The molecule has 24 heavy (non-hydrogen) atoms. The van der Waals surface area contributed by atoms with Gasteiger partial charge in [0.05, 0.1) is 27.2 Å². The minimum atomic E-state index is -0.945. The molecule has 2 amide bonds. The van der Waals surface area contributed by atoms with Gasteiger partial charge in [-0.1, -0.05) is 6.92 Å². The lowest BCUT2D eigenvalue weighted by atomic mass is 10.1. The molecular formula is C16H24N2O6. The highest BCUT2D eigenvalue weighted by atomic mass is 16.5. The van der Waals surface area contributed by atoms with Crippen LogP contribution in [-0.4, -0.2) is 56.9 Å². The molecule has 0 heterocycles. The third kappa shape index (κ3) is 4.94. The van der Waals surface area contributed by atoms with Gasteiger partial charge in [0.1, 0.15) is 0 Å². The van der Waals surface area contributed by atoms with Crippen LogP contribution >= 0.6 is 0 Å². The summed E-state index contributed by atoms with van der Waals surface area (Å²) in [6.45, 7) is 1.91. The molecule has 8 heteroatoms. The predicted octanol–water partition coefficient (Wildman–Crippen LogP) is 1.57. The van der Waals surface area contributed by atoms with Crippen LogP contribution in [0.4, 0.5) is 4.79 Å². The number of urea groups is 1. The van der Waals surface area contributed by atoms with Crippen LogP contribution in [0.1, 0.15) is 12.5 Å². The molecular weight excluding hydrogens is 316 g/mol. The van der Waals surface area contributed by atoms with Gasteiger partial charge < -0.3 is 29.5 Å². The number of methoxy groups -OCH3 is 3. The number of amides is 2. The third-order valence-corrected chi connectivity index (χ3v) is 3.48. The van der Waals surface area contributed by atoms with Crippen molar-refractivity contribution in [3.63, 3.8) is 0 Å². The summed E-state index contributed by atoms with van der Waals surface area (Å²) in [6.07, 6.45) is 0. The minimum Gasteiger partial charge on any atom is -0.493 e.